The monoisotopic (exact) mass is 415 g/mol. The Bertz CT molecular complexity index is 1130. The van der Waals surface area contributed by atoms with Crippen LogP contribution in [0.15, 0.2) is 41.6 Å². The van der Waals surface area contributed by atoms with Gasteiger partial charge in [0.2, 0.25) is 5.91 Å². The minimum absolute atomic E-state index is 0.0121. The molecular formula is C19H21N5O4S. The molecule has 152 valence electrons. The Labute approximate surface area is 168 Å². The number of aromatic amines is 1. The zero-order chi connectivity index (χ0) is 20.4. The molecule has 1 saturated heterocycles. The van der Waals surface area contributed by atoms with Crippen molar-refractivity contribution in [2.24, 2.45) is 0 Å². The van der Waals surface area contributed by atoms with Gasteiger partial charge in [0.25, 0.3) is 0 Å². The number of carbonyl (C=O) groups excluding carboxylic acids is 1. The number of piperidine rings is 1. The highest BCUT2D eigenvalue weighted by molar-refractivity contribution is 7.92. The smallest absolute Gasteiger partial charge is 0.238 e. The van der Waals surface area contributed by atoms with Crippen LogP contribution in [0.25, 0.3) is 11.2 Å². The van der Waals surface area contributed by atoms with Gasteiger partial charge in [-0.3, -0.25) is 9.89 Å². The van der Waals surface area contributed by atoms with E-state index in [2.05, 4.69) is 20.2 Å². The highest BCUT2D eigenvalue weighted by atomic mass is 32.2. The van der Waals surface area contributed by atoms with Crippen LogP contribution in [-0.4, -0.2) is 65.3 Å². The fraction of sp³-hybridized carbons (Fsp3) is 0.368. The van der Waals surface area contributed by atoms with E-state index in [1.165, 1.54) is 19.2 Å². The SMILES string of the molecule is COc1ccc(S(=O)(=O)CC(=O)N2CCC[C@@H](c3[nH]nc4nccnc34)C2)cc1. The Balaban J connectivity index is 1.48. The number of hydrogen-bond donors (Lipinski definition) is 1. The van der Waals surface area contributed by atoms with Gasteiger partial charge in [0.1, 0.15) is 17.0 Å². The van der Waals surface area contributed by atoms with Crippen LogP contribution in [0.4, 0.5) is 0 Å². The quantitative estimate of drug-likeness (QED) is 0.671. The summed E-state index contributed by atoms with van der Waals surface area (Å²) in [5, 5.41) is 7.15. The fourth-order valence-corrected chi connectivity index (χ4v) is 4.84. The Hall–Kier alpha value is -3.01. The zero-order valence-electron chi connectivity index (χ0n) is 15.9. The molecule has 1 atom stereocenters. The van der Waals surface area contributed by atoms with Crippen molar-refractivity contribution in [3.05, 3.63) is 42.4 Å². The molecule has 10 heteroatoms. The number of likely N-dealkylation sites (tertiary alicyclic amines) is 1. The maximum absolute atomic E-state index is 12.8. The third-order valence-electron chi connectivity index (χ3n) is 5.13. The van der Waals surface area contributed by atoms with Gasteiger partial charge in [-0.25, -0.2) is 18.4 Å². The van der Waals surface area contributed by atoms with E-state index in [4.69, 9.17) is 4.74 Å². The van der Waals surface area contributed by atoms with Crippen LogP contribution in [-0.2, 0) is 14.6 Å². The number of sulfone groups is 1. The Morgan fingerprint density at radius 2 is 2.00 bits per heavy atom. The number of methoxy groups -OCH3 is 1. The summed E-state index contributed by atoms with van der Waals surface area (Å²) in [6.45, 7) is 0.954. The average molecular weight is 415 g/mol. The lowest BCUT2D eigenvalue weighted by Crippen LogP contribution is -2.42. The van der Waals surface area contributed by atoms with Crippen molar-refractivity contribution >= 4 is 26.9 Å². The maximum atomic E-state index is 12.8. The summed E-state index contributed by atoms with van der Waals surface area (Å²) in [6, 6.07) is 6.04. The number of aromatic nitrogens is 4. The molecule has 9 nitrogen and oxygen atoms in total. The molecule has 3 heterocycles. The summed E-state index contributed by atoms with van der Waals surface area (Å²) in [7, 11) is -2.22. The summed E-state index contributed by atoms with van der Waals surface area (Å²) in [6.07, 6.45) is 4.82. The van der Waals surface area contributed by atoms with E-state index in [9.17, 15) is 13.2 Å². The van der Waals surface area contributed by atoms with Crippen LogP contribution in [0.5, 0.6) is 5.75 Å². The van der Waals surface area contributed by atoms with E-state index < -0.39 is 21.5 Å². The normalized spacial score (nSPS) is 17.4. The minimum atomic E-state index is -3.73. The first-order valence-corrected chi connectivity index (χ1v) is 10.9. The van der Waals surface area contributed by atoms with Gasteiger partial charge in [-0.2, -0.15) is 5.10 Å². The van der Waals surface area contributed by atoms with Gasteiger partial charge >= 0.3 is 0 Å². The first-order chi connectivity index (χ1) is 14.0. The number of fused-ring (bicyclic) bond motifs is 1. The van der Waals surface area contributed by atoms with Crippen LogP contribution in [0.2, 0.25) is 0 Å². The number of H-pyrrole nitrogens is 1. The van der Waals surface area contributed by atoms with Crippen molar-refractivity contribution in [2.75, 3.05) is 26.0 Å². The highest BCUT2D eigenvalue weighted by Crippen LogP contribution is 2.29. The van der Waals surface area contributed by atoms with E-state index >= 15 is 0 Å². The summed E-state index contributed by atoms with van der Waals surface area (Å²) in [5.74, 6) is -0.391. The van der Waals surface area contributed by atoms with Crippen LogP contribution in [0.3, 0.4) is 0 Å². The molecule has 1 amide bonds. The predicted molar refractivity (Wildman–Crippen MR) is 105 cm³/mol. The number of benzene rings is 1. The molecule has 4 rings (SSSR count). The molecule has 0 radical (unpaired) electrons. The Morgan fingerprint density at radius 3 is 2.76 bits per heavy atom. The minimum Gasteiger partial charge on any atom is -0.497 e. The van der Waals surface area contributed by atoms with Crippen molar-refractivity contribution < 1.29 is 17.9 Å². The molecule has 29 heavy (non-hydrogen) atoms. The molecule has 3 aromatic rings. The molecule has 0 aliphatic carbocycles. The highest BCUT2D eigenvalue weighted by Gasteiger charge is 2.30. The number of nitrogens with one attached hydrogen (secondary N) is 1. The van der Waals surface area contributed by atoms with Crippen molar-refractivity contribution in [3.8, 4) is 5.75 Å². The second-order valence-corrected chi connectivity index (χ2v) is 8.97. The van der Waals surface area contributed by atoms with Crippen LogP contribution < -0.4 is 4.74 Å². The van der Waals surface area contributed by atoms with E-state index in [0.29, 0.717) is 30.0 Å². The van der Waals surface area contributed by atoms with E-state index in [1.807, 2.05) is 0 Å². The molecule has 0 bridgehead atoms. The van der Waals surface area contributed by atoms with Crippen molar-refractivity contribution in [2.45, 2.75) is 23.7 Å². The summed E-state index contributed by atoms with van der Waals surface area (Å²) >= 11 is 0. The zero-order valence-corrected chi connectivity index (χ0v) is 16.7. The van der Waals surface area contributed by atoms with Crippen LogP contribution >= 0.6 is 0 Å². The van der Waals surface area contributed by atoms with Gasteiger partial charge in [0.05, 0.1) is 17.7 Å². The molecule has 1 aliphatic heterocycles. The first-order valence-electron chi connectivity index (χ1n) is 9.27. The average Bonchev–Trinajstić information content (AvgIpc) is 3.18. The number of hydrogen-bond acceptors (Lipinski definition) is 7. The van der Waals surface area contributed by atoms with E-state index in [1.54, 1.807) is 29.4 Å². The van der Waals surface area contributed by atoms with Crippen LogP contribution in [0, 0.1) is 0 Å². The number of nitrogens with zero attached hydrogens (tertiary/aromatic N) is 4. The Kier molecular flexibility index (Phi) is 5.18. The summed E-state index contributed by atoms with van der Waals surface area (Å²) in [5.41, 5.74) is 2.06. The number of amides is 1. The van der Waals surface area contributed by atoms with Gasteiger partial charge in [-0.1, -0.05) is 0 Å². The van der Waals surface area contributed by atoms with Crippen molar-refractivity contribution in [1.82, 2.24) is 25.1 Å². The second-order valence-electron chi connectivity index (χ2n) is 6.98. The second kappa shape index (κ2) is 7.78. The van der Waals surface area contributed by atoms with Gasteiger partial charge in [-0.05, 0) is 37.1 Å². The first kappa shape index (κ1) is 19.3. The molecule has 2 aromatic heterocycles. The van der Waals surface area contributed by atoms with Gasteiger partial charge < -0.3 is 9.64 Å². The standard InChI is InChI=1S/C19H21N5O4S/c1-28-14-4-6-15(7-5-14)29(26,27)12-16(25)24-10-2-3-13(11-24)17-18-19(23-22-17)21-9-8-20-18/h4-9,13H,2-3,10-12H2,1H3,(H,21,22,23)/t13-/m1/s1. The molecule has 1 aliphatic rings. The lowest BCUT2D eigenvalue weighted by Gasteiger charge is -2.32. The molecule has 1 fully saturated rings. The summed E-state index contributed by atoms with van der Waals surface area (Å²) < 4.78 is 30.3. The maximum Gasteiger partial charge on any atom is 0.238 e. The van der Waals surface area contributed by atoms with Gasteiger partial charge in [-0.15, -0.1) is 0 Å². The number of ether oxygens (including phenoxy) is 1. The lowest BCUT2D eigenvalue weighted by molar-refractivity contribution is -0.129. The molecule has 0 spiro atoms. The largest absolute Gasteiger partial charge is 0.497 e. The number of carbonyl (C=O) groups is 1. The van der Waals surface area contributed by atoms with E-state index in [0.717, 1.165) is 18.5 Å². The third-order valence-corrected chi connectivity index (χ3v) is 6.75. The molecule has 0 unspecified atom stereocenters. The number of rotatable bonds is 5. The van der Waals surface area contributed by atoms with Crippen molar-refractivity contribution in [3.63, 3.8) is 0 Å². The third kappa shape index (κ3) is 3.93. The topological polar surface area (TPSA) is 118 Å². The molecule has 0 saturated carbocycles. The fourth-order valence-electron chi connectivity index (χ4n) is 3.61. The Morgan fingerprint density at radius 1 is 1.24 bits per heavy atom. The van der Waals surface area contributed by atoms with Gasteiger partial charge in [0, 0.05) is 31.4 Å². The predicted octanol–water partition coefficient (Wildman–Crippen LogP) is 1.54. The van der Waals surface area contributed by atoms with Crippen LogP contribution in [0.1, 0.15) is 24.5 Å². The molecule has 1 N–H and O–H groups in total. The molecule has 1 aromatic carbocycles. The summed E-state index contributed by atoms with van der Waals surface area (Å²) in [4.78, 5) is 23.0. The van der Waals surface area contributed by atoms with Gasteiger partial charge in [0.15, 0.2) is 15.5 Å². The molecular weight excluding hydrogens is 394 g/mol. The van der Waals surface area contributed by atoms with E-state index in [-0.39, 0.29) is 10.8 Å². The van der Waals surface area contributed by atoms with Crippen molar-refractivity contribution in [1.29, 1.82) is 0 Å². The lowest BCUT2D eigenvalue weighted by atomic mass is 9.94.